The van der Waals surface area contributed by atoms with Gasteiger partial charge in [0, 0.05) is 0 Å². The standard InChI is InChI=1S/C11H18N2O3.C4H11O2PS2.Na.Zn/c1-4-6-7(3)11(5-2)8(14)12-10(16)13-9(11)15;1-4(2)3-6-7(5,8)9;;/h7H,4-6H2,1-3H3,(H2,12,13,14,15,16);4H,3H2,1-2H3,(H2,5,8,9);;/q;;+1;+2/p-3. The number of nitrogens with one attached hydrogen (secondary N) is 1. The maximum absolute atomic E-state index is 11.9. The molecule has 0 aromatic heterocycles. The van der Waals surface area contributed by atoms with Crippen molar-refractivity contribution >= 4 is 47.6 Å². The molecular formula is C15H26N2NaO5PS2Zn. The summed E-state index contributed by atoms with van der Waals surface area (Å²) in [7, 11) is 0. The van der Waals surface area contributed by atoms with Crippen LogP contribution < -0.4 is 44.9 Å². The van der Waals surface area contributed by atoms with Crippen molar-refractivity contribution in [2.75, 3.05) is 6.61 Å². The van der Waals surface area contributed by atoms with Crippen LogP contribution in [0.1, 0.15) is 53.9 Å². The van der Waals surface area contributed by atoms with Crippen molar-refractivity contribution in [3.8, 4) is 0 Å². The smallest absolute Gasteiger partial charge is 0.861 e. The van der Waals surface area contributed by atoms with E-state index in [2.05, 4.69) is 38.9 Å². The molecule has 12 heteroatoms. The molecule has 3 atom stereocenters. The van der Waals surface area contributed by atoms with Crippen molar-refractivity contribution in [2.24, 2.45) is 22.2 Å². The van der Waals surface area contributed by atoms with E-state index in [1.807, 2.05) is 27.7 Å². The van der Waals surface area contributed by atoms with E-state index in [1.54, 1.807) is 6.92 Å². The monoisotopic (exact) mass is 496 g/mol. The number of carbonyl (C=O) groups is 2. The van der Waals surface area contributed by atoms with Crippen molar-refractivity contribution in [3.63, 3.8) is 0 Å². The van der Waals surface area contributed by atoms with Crippen LogP contribution in [0, 0.1) is 17.3 Å². The summed E-state index contributed by atoms with van der Waals surface area (Å²) in [5.74, 6) is -0.860. The van der Waals surface area contributed by atoms with Crippen LogP contribution >= 0.6 is 5.69 Å². The predicted molar refractivity (Wildman–Crippen MR) is 100 cm³/mol. The summed E-state index contributed by atoms with van der Waals surface area (Å²) in [6.45, 7) is 9.91. The molecule has 0 radical (unpaired) electrons. The quantitative estimate of drug-likeness (QED) is 0.262. The molecule has 7 nitrogen and oxygen atoms in total. The van der Waals surface area contributed by atoms with Gasteiger partial charge in [-0.05, 0) is 30.6 Å². The van der Waals surface area contributed by atoms with Gasteiger partial charge < -0.3 is 26.8 Å². The second-order valence-corrected chi connectivity index (χ2v) is 11.1. The van der Waals surface area contributed by atoms with E-state index < -0.39 is 28.9 Å². The Kier molecular flexibility index (Phi) is 18.3. The third-order valence-corrected chi connectivity index (χ3v) is 4.99. The summed E-state index contributed by atoms with van der Waals surface area (Å²) in [5.41, 5.74) is -4.20. The molecule has 3 amide bonds. The van der Waals surface area contributed by atoms with Gasteiger partial charge in [0.1, 0.15) is 0 Å². The Balaban J connectivity index is -0.000000456. The first-order valence-electron chi connectivity index (χ1n) is 8.18. The fraction of sp³-hybridized carbons (Fsp3) is 0.800. The minimum absolute atomic E-state index is 0. The molecule has 0 aromatic carbocycles. The van der Waals surface area contributed by atoms with E-state index in [1.165, 1.54) is 0 Å². The molecule has 0 spiro atoms. The molecule has 1 rings (SSSR count). The van der Waals surface area contributed by atoms with Crippen LogP contribution in [0.3, 0.4) is 0 Å². The Morgan fingerprint density at radius 3 is 2.15 bits per heavy atom. The molecule has 0 fully saturated rings. The molecule has 0 aliphatic carbocycles. The predicted octanol–water partition coefficient (Wildman–Crippen LogP) is -1.38. The zero-order valence-electron chi connectivity index (χ0n) is 16.9. The fourth-order valence-electron chi connectivity index (χ4n) is 2.54. The number of aliphatic imine (C=N–C) groups is 1. The van der Waals surface area contributed by atoms with Crippen molar-refractivity contribution in [3.05, 3.63) is 0 Å². The first kappa shape index (κ1) is 32.8. The maximum atomic E-state index is 11.9. The first-order valence-corrected chi connectivity index (χ1v) is 11.8. The number of hydrogen-bond acceptors (Lipinski definition) is 7. The van der Waals surface area contributed by atoms with E-state index >= 15 is 0 Å². The van der Waals surface area contributed by atoms with Gasteiger partial charge in [-0.1, -0.05) is 41.0 Å². The van der Waals surface area contributed by atoms with Crippen molar-refractivity contribution in [2.45, 2.75) is 53.9 Å². The molecule has 0 saturated heterocycles. The third kappa shape index (κ3) is 11.2. The summed E-state index contributed by atoms with van der Waals surface area (Å²) in [5, 5.41) is 14.0. The van der Waals surface area contributed by atoms with Crippen LogP contribution in [0.25, 0.3) is 0 Å². The van der Waals surface area contributed by atoms with Crippen molar-refractivity contribution in [1.82, 2.24) is 5.32 Å². The van der Waals surface area contributed by atoms with Crippen LogP contribution in [0.15, 0.2) is 4.99 Å². The first-order chi connectivity index (χ1) is 11.4. The van der Waals surface area contributed by atoms with Crippen LogP contribution in [0.4, 0.5) is 4.79 Å². The number of hydrogen-bond donors (Lipinski definition) is 1. The van der Waals surface area contributed by atoms with Gasteiger partial charge in [0.15, 0.2) is 0 Å². The van der Waals surface area contributed by atoms with Crippen LogP contribution in [-0.4, -0.2) is 24.4 Å². The third-order valence-electron chi connectivity index (χ3n) is 3.90. The van der Waals surface area contributed by atoms with Gasteiger partial charge in [0.05, 0.1) is 12.0 Å². The van der Waals surface area contributed by atoms with Gasteiger partial charge >= 0.3 is 55.1 Å². The molecule has 1 heterocycles. The molecule has 3 unspecified atom stereocenters. The Morgan fingerprint density at radius 2 is 1.85 bits per heavy atom. The molecule has 27 heavy (non-hydrogen) atoms. The summed E-state index contributed by atoms with van der Waals surface area (Å²) >= 11 is 8.70. The molecular weight excluding hydrogens is 472 g/mol. The average Bonchev–Trinajstić information content (AvgIpc) is 2.45. The molecule has 1 aliphatic heterocycles. The van der Waals surface area contributed by atoms with E-state index in [0.29, 0.717) is 18.9 Å². The van der Waals surface area contributed by atoms with Gasteiger partial charge in [0.25, 0.3) is 0 Å². The van der Waals surface area contributed by atoms with Gasteiger partial charge in [-0.3, -0.25) is 10.1 Å². The van der Waals surface area contributed by atoms with E-state index in [4.69, 9.17) is 0 Å². The van der Waals surface area contributed by atoms with Crippen LogP contribution in [0.5, 0.6) is 0 Å². The number of nitrogens with zero attached hydrogens (tertiary/aromatic N) is 1. The van der Waals surface area contributed by atoms with Crippen molar-refractivity contribution < 1.29 is 73.1 Å². The molecule has 1 aliphatic rings. The molecule has 0 saturated carbocycles. The Bertz CT molecular complexity index is 562. The Labute approximate surface area is 207 Å². The van der Waals surface area contributed by atoms with E-state index in [-0.39, 0.29) is 55.0 Å². The van der Waals surface area contributed by atoms with Gasteiger partial charge in [0.2, 0.25) is 5.91 Å². The molecule has 146 valence electrons. The second-order valence-electron chi connectivity index (χ2n) is 6.33. The summed E-state index contributed by atoms with van der Waals surface area (Å²) < 4.78 is 4.68. The Morgan fingerprint density at radius 1 is 1.33 bits per heavy atom. The van der Waals surface area contributed by atoms with Gasteiger partial charge in [-0.25, -0.2) is 9.79 Å². The summed E-state index contributed by atoms with van der Waals surface area (Å²) in [6, 6.07) is -0.845. The van der Waals surface area contributed by atoms with Crippen LogP contribution in [0.2, 0.25) is 0 Å². The topological polar surface area (TPSA) is 114 Å². The largest absolute Gasteiger partial charge is 2.00 e. The molecule has 0 bridgehead atoms. The SMILES string of the molecule is CC(C)COP([O-])(=S)[S-].CCCC(C)C1(CC)C(=O)NC(=O)N=C1[O-].[Na+].[Zn+2]. The van der Waals surface area contributed by atoms with Crippen LogP contribution in [-0.2, 0) is 52.9 Å². The Hall–Kier alpha value is 1.15. The minimum atomic E-state index is -3.05. The minimum Gasteiger partial charge on any atom is -0.861 e. The summed E-state index contributed by atoms with van der Waals surface area (Å²) in [4.78, 5) is 36.7. The van der Waals surface area contributed by atoms with Gasteiger partial charge in [-0.15, -0.1) is 17.5 Å². The number of carbonyl (C=O) groups excluding carboxylic acids is 2. The normalized spacial score (nSPS) is 22.1. The van der Waals surface area contributed by atoms with Gasteiger partial charge in [-0.2, -0.15) is 0 Å². The number of urea groups is 1. The number of imide groups is 1. The number of amides is 3. The second kappa shape index (κ2) is 15.0. The summed E-state index contributed by atoms with van der Waals surface area (Å²) in [6.07, 6.45) is 2.02. The number of rotatable bonds is 7. The maximum Gasteiger partial charge on any atom is 2.00 e. The zero-order chi connectivity index (χ0) is 19.8. The molecule has 0 aromatic rings. The molecule has 1 N–H and O–H groups in total. The average molecular weight is 498 g/mol. The fourth-order valence-corrected chi connectivity index (χ4v) is 3.39. The van der Waals surface area contributed by atoms with E-state index in [9.17, 15) is 19.6 Å². The zero-order valence-corrected chi connectivity index (χ0v) is 24.4. The van der Waals surface area contributed by atoms with Crippen molar-refractivity contribution in [1.29, 1.82) is 0 Å². The van der Waals surface area contributed by atoms with E-state index in [0.717, 1.165) is 12.8 Å².